The van der Waals surface area contributed by atoms with Crippen LogP contribution in [0.4, 0.5) is 11.4 Å². The number of aryl methyl sites for hydroxylation is 2. The summed E-state index contributed by atoms with van der Waals surface area (Å²) >= 11 is 0. The highest BCUT2D eigenvalue weighted by Gasteiger charge is 2.05. The summed E-state index contributed by atoms with van der Waals surface area (Å²) in [5.41, 5.74) is 4.91. The molecule has 0 amide bonds. The predicted octanol–water partition coefficient (Wildman–Crippen LogP) is 4.22. The number of nitrogens with one attached hydrogen (secondary N) is 2. The van der Waals surface area contributed by atoms with Gasteiger partial charge in [-0.2, -0.15) is 0 Å². The lowest BCUT2D eigenvalue weighted by atomic mass is 10.1. The molecule has 0 spiro atoms. The fourth-order valence-corrected chi connectivity index (χ4v) is 2.37. The number of rotatable bonds is 6. The van der Waals surface area contributed by atoms with Gasteiger partial charge in [0.25, 0.3) is 0 Å². The Kier molecular flexibility index (Phi) is 5.09. The van der Waals surface area contributed by atoms with Gasteiger partial charge in [-0.1, -0.05) is 18.2 Å². The smallest absolute Gasteiger partial charge is 0.119 e. The molecule has 21 heavy (non-hydrogen) atoms. The minimum atomic E-state index is 0.331. The van der Waals surface area contributed by atoms with Gasteiger partial charge in [0.2, 0.25) is 0 Å². The molecule has 0 bridgehead atoms. The first-order valence-corrected chi connectivity index (χ1v) is 7.31. The molecule has 0 radical (unpaired) electrons. The van der Waals surface area contributed by atoms with Gasteiger partial charge in [0.1, 0.15) is 5.75 Å². The van der Waals surface area contributed by atoms with E-state index in [1.54, 1.807) is 7.11 Å². The first-order valence-electron chi connectivity index (χ1n) is 7.31. The Morgan fingerprint density at radius 3 is 2.19 bits per heavy atom. The van der Waals surface area contributed by atoms with Crippen LogP contribution in [0, 0.1) is 13.8 Å². The zero-order chi connectivity index (χ0) is 15.2. The standard InChI is InChI=1S/C18H24N2O/c1-13-6-5-7-14(2)18(13)19-12-15(3)20-16-8-10-17(21-4)11-9-16/h5-11,15,19-20H,12H2,1-4H3. The third-order valence-electron chi connectivity index (χ3n) is 3.57. The van der Waals surface area contributed by atoms with Crippen molar-refractivity contribution in [2.24, 2.45) is 0 Å². The average molecular weight is 284 g/mol. The lowest BCUT2D eigenvalue weighted by Crippen LogP contribution is -2.25. The molecule has 0 saturated carbocycles. The number of anilines is 2. The van der Waals surface area contributed by atoms with Crippen molar-refractivity contribution in [1.29, 1.82) is 0 Å². The highest BCUT2D eigenvalue weighted by molar-refractivity contribution is 5.57. The zero-order valence-electron chi connectivity index (χ0n) is 13.2. The van der Waals surface area contributed by atoms with E-state index in [4.69, 9.17) is 4.74 Å². The third-order valence-corrected chi connectivity index (χ3v) is 3.57. The summed E-state index contributed by atoms with van der Waals surface area (Å²) in [5.74, 6) is 0.877. The summed E-state index contributed by atoms with van der Waals surface area (Å²) in [5, 5.41) is 7.02. The summed E-state index contributed by atoms with van der Waals surface area (Å²) < 4.78 is 5.17. The first-order chi connectivity index (χ1) is 10.1. The summed E-state index contributed by atoms with van der Waals surface area (Å²) in [6.07, 6.45) is 0. The molecule has 2 aromatic rings. The Morgan fingerprint density at radius 1 is 1.00 bits per heavy atom. The number of hydrogen-bond donors (Lipinski definition) is 2. The molecule has 0 aliphatic heterocycles. The largest absolute Gasteiger partial charge is 0.497 e. The van der Waals surface area contributed by atoms with E-state index in [-0.39, 0.29) is 0 Å². The van der Waals surface area contributed by atoms with Gasteiger partial charge in [-0.05, 0) is 56.2 Å². The van der Waals surface area contributed by atoms with E-state index in [1.807, 2.05) is 24.3 Å². The maximum Gasteiger partial charge on any atom is 0.119 e. The van der Waals surface area contributed by atoms with Crippen molar-refractivity contribution in [3.63, 3.8) is 0 Å². The monoisotopic (exact) mass is 284 g/mol. The lowest BCUT2D eigenvalue weighted by Gasteiger charge is -2.19. The van der Waals surface area contributed by atoms with E-state index in [0.29, 0.717) is 6.04 Å². The second-order valence-electron chi connectivity index (χ2n) is 5.42. The predicted molar refractivity (Wildman–Crippen MR) is 90.5 cm³/mol. The fourth-order valence-electron chi connectivity index (χ4n) is 2.37. The average Bonchev–Trinajstić information content (AvgIpc) is 2.47. The molecule has 0 aliphatic carbocycles. The van der Waals surface area contributed by atoms with Crippen LogP contribution in [0.25, 0.3) is 0 Å². The molecule has 0 fully saturated rings. The number of hydrogen-bond acceptors (Lipinski definition) is 3. The molecule has 0 heterocycles. The molecular weight excluding hydrogens is 260 g/mol. The van der Waals surface area contributed by atoms with E-state index < -0.39 is 0 Å². The number of benzene rings is 2. The number of para-hydroxylation sites is 1. The van der Waals surface area contributed by atoms with Gasteiger partial charge < -0.3 is 15.4 Å². The Bertz CT molecular complexity index is 558. The quantitative estimate of drug-likeness (QED) is 0.833. The van der Waals surface area contributed by atoms with E-state index in [2.05, 4.69) is 49.6 Å². The molecule has 2 N–H and O–H groups in total. The van der Waals surface area contributed by atoms with Gasteiger partial charge in [-0.15, -0.1) is 0 Å². The molecule has 2 aromatic carbocycles. The Balaban J connectivity index is 1.91. The molecule has 0 aliphatic rings. The zero-order valence-corrected chi connectivity index (χ0v) is 13.2. The van der Waals surface area contributed by atoms with Crippen molar-refractivity contribution in [3.8, 4) is 5.75 Å². The van der Waals surface area contributed by atoms with Crippen molar-refractivity contribution in [1.82, 2.24) is 0 Å². The maximum absolute atomic E-state index is 5.17. The lowest BCUT2D eigenvalue weighted by molar-refractivity contribution is 0.415. The van der Waals surface area contributed by atoms with Crippen LogP contribution < -0.4 is 15.4 Å². The second-order valence-corrected chi connectivity index (χ2v) is 5.42. The van der Waals surface area contributed by atoms with Gasteiger partial charge in [-0.3, -0.25) is 0 Å². The topological polar surface area (TPSA) is 33.3 Å². The van der Waals surface area contributed by atoms with Crippen LogP contribution in [0.1, 0.15) is 18.1 Å². The second kappa shape index (κ2) is 7.02. The van der Waals surface area contributed by atoms with E-state index >= 15 is 0 Å². The maximum atomic E-state index is 5.17. The molecule has 0 saturated heterocycles. The number of methoxy groups -OCH3 is 1. The van der Waals surface area contributed by atoms with E-state index in [1.165, 1.54) is 16.8 Å². The Hall–Kier alpha value is -2.16. The van der Waals surface area contributed by atoms with Crippen LogP contribution in [0.3, 0.4) is 0 Å². The van der Waals surface area contributed by atoms with Gasteiger partial charge in [0.15, 0.2) is 0 Å². The highest BCUT2D eigenvalue weighted by Crippen LogP contribution is 2.20. The molecule has 1 atom stereocenters. The molecule has 112 valence electrons. The molecule has 0 aromatic heterocycles. The van der Waals surface area contributed by atoms with Gasteiger partial charge in [0.05, 0.1) is 7.11 Å². The minimum absolute atomic E-state index is 0.331. The Morgan fingerprint density at radius 2 is 1.62 bits per heavy atom. The van der Waals surface area contributed by atoms with Crippen molar-refractivity contribution in [3.05, 3.63) is 53.6 Å². The molecule has 2 rings (SSSR count). The molecule has 3 nitrogen and oxygen atoms in total. The van der Waals surface area contributed by atoms with Crippen LogP contribution in [-0.2, 0) is 0 Å². The highest BCUT2D eigenvalue weighted by atomic mass is 16.5. The third kappa shape index (κ3) is 4.15. The number of ether oxygens (including phenoxy) is 1. The van der Waals surface area contributed by atoms with Crippen LogP contribution in [0.2, 0.25) is 0 Å². The van der Waals surface area contributed by atoms with Gasteiger partial charge >= 0.3 is 0 Å². The minimum Gasteiger partial charge on any atom is -0.497 e. The van der Waals surface area contributed by atoms with Gasteiger partial charge in [-0.25, -0.2) is 0 Å². The van der Waals surface area contributed by atoms with Crippen molar-refractivity contribution >= 4 is 11.4 Å². The molecular formula is C18H24N2O. The van der Waals surface area contributed by atoms with Crippen molar-refractivity contribution in [2.45, 2.75) is 26.8 Å². The Labute approximate surface area is 127 Å². The SMILES string of the molecule is COc1ccc(NC(C)CNc2c(C)cccc2C)cc1. The van der Waals surface area contributed by atoms with Crippen LogP contribution in [0.5, 0.6) is 5.75 Å². The van der Waals surface area contributed by atoms with Crippen LogP contribution >= 0.6 is 0 Å². The first kappa shape index (κ1) is 15.2. The normalized spacial score (nSPS) is 11.8. The van der Waals surface area contributed by atoms with Crippen molar-refractivity contribution < 1.29 is 4.74 Å². The van der Waals surface area contributed by atoms with E-state index in [0.717, 1.165) is 18.0 Å². The fraction of sp³-hybridized carbons (Fsp3) is 0.333. The summed E-state index contributed by atoms with van der Waals surface area (Å²) in [6.45, 7) is 7.32. The summed E-state index contributed by atoms with van der Waals surface area (Å²) in [6, 6.07) is 14.7. The summed E-state index contributed by atoms with van der Waals surface area (Å²) in [4.78, 5) is 0. The van der Waals surface area contributed by atoms with Crippen molar-refractivity contribution in [2.75, 3.05) is 24.3 Å². The summed E-state index contributed by atoms with van der Waals surface area (Å²) in [7, 11) is 1.68. The van der Waals surface area contributed by atoms with E-state index in [9.17, 15) is 0 Å². The van der Waals surface area contributed by atoms with Gasteiger partial charge in [0, 0.05) is 24.0 Å². The van der Waals surface area contributed by atoms with Crippen LogP contribution in [0.15, 0.2) is 42.5 Å². The van der Waals surface area contributed by atoms with Crippen LogP contribution in [-0.4, -0.2) is 19.7 Å². The molecule has 1 unspecified atom stereocenters. The molecule has 3 heteroatoms.